The van der Waals surface area contributed by atoms with Crippen molar-refractivity contribution in [3.8, 4) is 17.5 Å². The van der Waals surface area contributed by atoms with Gasteiger partial charge in [-0.15, -0.1) is 0 Å². The first-order chi connectivity index (χ1) is 13.7. The normalized spacial score (nSPS) is 15.9. The molecular weight excluding hydrogens is 374 g/mol. The van der Waals surface area contributed by atoms with Gasteiger partial charge in [0.15, 0.2) is 12.2 Å². The van der Waals surface area contributed by atoms with Crippen LogP contribution in [0.1, 0.15) is 35.6 Å². The minimum absolute atomic E-state index is 0.145. The van der Waals surface area contributed by atoms with Crippen LogP contribution in [-0.2, 0) is 6.42 Å². The molecule has 28 heavy (non-hydrogen) atoms. The number of oxazole rings is 1. The van der Waals surface area contributed by atoms with Gasteiger partial charge in [-0.25, -0.2) is 4.98 Å². The van der Waals surface area contributed by atoms with Crippen molar-refractivity contribution in [2.75, 3.05) is 5.32 Å². The van der Waals surface area contributed by atoms with Gasteiger partial charge in [0.1, 0.15) is 11.8 Å². The number of benzene rings is 2. The van der Waals surface area contributed by atoms with Crippen molar-refractivity contribution >= 4 is 28.2 Å². The average Bonchev–Trinajstić information content (AvgIpc) is 3.38. The van der Waals surface area contributed by atoms with Crippen molar-refractivity contribution in [3.63, 3.8) is 0 Å². The number of nitrogens with zero attached hydrogens (tertiary/aromatic N) is 3. The van der Waals surface area contributed by atoms with E-state index in [9.17, 15) is 5.26 Å². The summed E-state index contributed by atoms with van der Waals surface area (Å²) in [4.78, 5) is 3.98. The van der Waals surface area contributed by atoms with E-state index < -0.39 is 0 Å². The van der Waals surface area contributed by atoms with E-state index >= 15 is 0 Å². The molecule has 7 heteroatoms. The first-order valence-corrected chi connectivity index (χ1v) is 9.47. The third-order valence-corrected chi connectivity index (χ3v) is 5.70. The molecule has 138 valence electrons. The maximum absolute atomic E-state index is 9.23. The first kappa shape index (κ1) is 16.8. The summed E-state index contributed by atoms with van der Waals surface area (Å²) >= 11 is 6.46. The smallest absolute Gasteiger partial charge is 0.181 e. The minimum atomic E-state index is 0.145. The van der Waals surface area contributed by atoms with Crippen LogP contribution in [0, 0.1) is 11.3 Å². The number of anilines is 1. The summed E-state index contributed by atoms with van der Waals surface area (Å²) in [5.41, 5.74) is 5.45. The largest absolute Gasteiger partial charge is 0.442 e. The number of hydrogen-bond acceptors (Lipinski definition) is 5. The Morgan fingerprint density at radius 2 is 2.21 bits per heavy atom. The number of nitrogens with one attached hydrogen (secondary N) is 2. The highest BCUT2D eigenvalue weighted by atomic mass is 35.5. The standard InChI is InChI=1S/C21H16ClN5O/c22-20-12(9-23)4-6-14-15(20)2-1-3-17(14)25-13-5-7-18-16(8-13)21(27-26-18)19-10-24-11-28-19/h4-8,10-11,17,25H,1-3H2,(H,26,27)/t17-/m1/s1. The fourth-order valence-electron chi connectivity index (χ4n) is 3.92. The van der Waals surface area contributed by atoms with E-state index in [1.807, 2.05) is 24.3 Å². The number of halogens is 1. The number of rotatable bonds is 3. The van der Waals surface area contributed by atoms with Crippen molar-refractivity contribution in [1.29, 1.82) is 5.26 Å². The molecule has 0 radical (unpaired) electrons. The third kappa shape index (κ3) is 2.72. The molecule has 1 aliphatic rings. The van der Waals surface area contributed by atoms with Gasteiger partial charge in [0.05, 0.1) is 28.3 Å². The van der Waals surface area contributed by atoms with Gasteiger partial charge in [0.2, 0.25) is 0 Å². The second-order valence-corrected chi connectivity index (χ2v) is 7.27. The molecule has 2 N–H and O–H groups in total. The summed E-state index contributed by atoms with van der Waals surface area (Å²) in [6, 6.07) is 12.2. The van der Waals surface area contributed by atoms with E-state index in [0.29, 0.717) is 16.3 Å². The van der Waals surface area contributed by atoms with Crippen molar-refractivity contribution in [2.24, 2.45) is 0 Å². The Bertz CT molecular complexity index is 1210. The SMILES string of the molecule is N#Cc1ccc2c(c1Cl)CCC[C@H]2Nc1ccc2[nH]nc(-c3cnco3)c2c1. The number of aromatic amines is 1. The van der Waals surface area contributed by atoms with Crippen LogP contribution >= 0.6 is 11.6 Å². The second kappa shape index (κ2) is 6.70. The van der Waals surface area contributed by atoms with Crippen molar-refractivity contribution in [3.05, 3.63) is 64.6 Å². The van der Waals surface area contributed by atoms with Crippen LogP contribution in [0.3, 0.4) is 0 Å². The number of fused-ring (bicyclic) bond motifs is 2. The molecule has 6 nitrogen and oxygen atoms in total. The van der Waals surface area contributed by atoms with Gasteiger partial charge in [-0.05, 0) is 54.7 Å². The molecule has 2 heterocycles. The Balaban J connectivity index is 1.51. The van der Waals surface area contributed by atoms with Gasteiger partial charge in [0.25, 0.3) is 0 Å². The van der Waals surface area contributed by atoms with Crippen LogP contribution in [-0.4, -0.2) is 15.2 Å². The lowest BCUT2D eigenvalue weighted by Crippen LogP contribution is -2.18. The Hall–Kier alpha value is -3.30. The molecule has 5 rings (SSSR count). The lowest BCUT2D eigenvalue weighted by molar-refractivity contribution is 0.570. The van der Waals surface area contributed by atoms with Crippen molar-refractivity contribution < 1.29 is 4.42 Å². The van der Waals surface area contributed by atoms with Gasteiger partial charge in [-0.2, -0.15) is 10.4 Å². The van der Waals surface area contributed by atoms with Crippen LogP contribution in [0.5, 0.6) is 0 Å². The van der Waals surface area contributed by atoms with Crippen LogP contribution < -0.4 is 5.32 Å². The highest BCUT2D eigenvalue weighted by Crippen LogP contribution is 2.38. The zero-order valence-electron chi connectivity index (χ0n) is 14.9. The number of hydrogen-bond donors (Lipinski definition) is 2. The topological polar surface area (TPSA) is 90.5 Å². The maximum atomic E-state index is 9.23. The van der Waals surface area contributed by atoms with Crippen LogP contribution in [0.2, 0.25) is 5.02 Å². The summed E-state index contributed by atoms with van der Waals surface area (Å²) in [5, 5.41) is 21.8. The molecule has 0 saturated heterocycles. The minimum Gasteiger partial charge on any atom is -0.442 e. The molecule has 1 aliphatic carbocycles. The Morgan fingerprint density at radius 3 is 3.04 bits per heavy atom. The van der Waals surface area contributed by atoms with Crippen LogP contribution in [0.4, 0.5) is 5.69 Å². The fourth-order valence-corrected chi connectivity index (χ4v) is 4.23. The van der Waals surface area contributed by atoms with E-state index in [2.05, 4.69) is 32.6 Å². The zero-order valence-corrected chi connectivity index (χ0v) is 15.6. The highest BCUT2D eigenvalue weighted by molar-refractivity contribution is 6.32. The molecular formula is C21H16ClN5O. The molecule has 0 aliphatic heterocycles. The third-order valence-electron chi connectivity index (χ3n) is 5.26. The van der Waals surface area contributed by atoms with Gasteiger partial charge < -0.3 is 9.73 Å². The summed E-state index contributed by atoms with van der Waals surface area (Å²) in [5.74, 6) is 0.627. The molecule has 0 saturated carbocycles. The summed E-state index contributed by atoms with van der Waals surface area (Å²) in [6.45, 7) is 0. The fraction of sp³-hybridized carbons (Fsp3) is 0.190. The van der Waals surface area contributed by atoms with Gasteiger partial charge in [-0.1, -0.05) is 17.7 Å². The lowest BCUT2D eigenvalue weighted by Gasteiger charge is -2.28. The maximum Gasteiger partial charge on any atom is 0.181 e. The van der Waals surface area contributed by atoms with E-state index in [-0.39, 0.29) is 6.04 Å². The summed E-state index contributed by atoms with van der Waals surface area (Å²) < 4.78 is 5.40. The molecule has 1 atom stereocenters. The Kier molecular flexibility index (Phi) is 4.03. The summed E-state index contributed by atoms with van der Waals surface area (Å²) in [6.07, 6.45) is 5.99. The monoisotopic (exact) mass is 389 g/mol. The Labute approximate surface area is 166 Å². The van der Waals surface area contributed by atoms with E-state index in [0.717, 1.165) is 52.7 Å². The molecule has 0 spiro atoms. The van der Waals surface area contributed by atoms with E-state index in [1.165, 1.54) is 6.39 Å². The predicted octanol–water partition coefficient (Wildman–Crippen LogP) is 5.23. The molecule has 2 aromatic heterocycles. The molecule has 0 fully saturated rings. The van der Waals surface area contributed by atoms with Crippen molar-refractivity contribution in [2.45, 2.75) is 25.3 Å². The molecule has 0 amide bonds. The predicted molar refractivity (Wildman–Crippen MR) is 107 cm³/mol. The summed E-state index contributed by atoms with van der Waals surface area (Å²) in [7, 11) is 0. The Morgan fingerprint density at radius 1 is 1.29 bits per heavy atom. The van der Waals surface area contributed by atoms with E-state index in [1.54, 1.807) is 6.20 Å². The van der Waals surface area contributed by atoms with Crippen LogP contribution in [0.25, 0.3) is 22.4 Å². The first-order valence-electron chi connectivity index (χ1n) is 9.09. The molecule has 0 bridgehead atoms. The molecule has 2 aromatic carbocycles. The highest BCUT2D eigenvalue weighted by Gasteiger charge is 2.24. The molecule has 0 unspecified atom stereocenters. The number of aromatic nitrogens is 3. The van der Waals surface area contributed by atoms with Gasteiger partial charge >= 0.3 is 0 Å². The number of nitriles is 1. The second-order valence-electron chi connectivity index (χ2n) is 6.89. The average molecular weight is 390 g/mol. The van der Waals surface area contributed by atoms with Crippen LogP contribution in [0.15, 0.2) is 47.3 Å². The zero-order chi connectivity index (χ0) is 19.1. The number of H-pyrrole nitrogens is 1. The van der Waals surface area contributed by atoms with Gasteiger partial charge in [-0.3, -0.25) is 5.10 Å². The van der Waals surface area contributed by atoms with Gasteiger partial charge in [0, 0.05) is 11.1 Å². The molecule has 4 aromatic rings. The van der Waals surface area contributed by atoms with Crippen molar-refractivity contribution in [1.82, 2.24) is 15.2 Å². The van der Waals surface area contributed by atoms with E-state index in [4.69, 9.17) is 16.0 Å². The lowest BCUT2D eigenvalue weighted by atomic mass is 9.86. The quantitative estimate of drug-likeness (QED) is 0.500.